The average molecular weight is 370 g/mol. The lowest BCUT2D eigenvalue weighted by Crippen LogP contribution is -2.58. The largest absolute Gasteiger partial charge is 0.445 e. The predicted octanol–water partition coefficient (Wildman–Crippen LogP) is 3.76. The number of benzene rings is 1. The first-order chi connectivity index (χ1) is 13.0. The maximum absolute atomic E-state index is 13.6. The number of hydrogen-bond donors (Lipinski definition) is 1. The van der Waals surface area contributed by atoms with Crippen LogP contribution in [-0.4, -0.2) is 33.2 Å². The van der Waals surface area contributed by atoms with Gasteiger partial charge < -0.3 is 14.7 Å². The van der Waals surface area contributed by atoms with Crippen LogP contribution in [0.25, 0.3) is 0 Å². The summed E-state index contributed by atoms with van der Waals surface area (Å²) in [5.74, 6) is -0.462. The van der Waals surface area contributed by atoms with Crippen LogP contribution in [0.15, 0.2) is 48.8 Å². The summed E-state index contributed by atoms with van der Waals surface area (Å²) in [6.07, 6.45) is 5.67. The topological polar surface area (TPSA) is 62.7 Å². The molecule has 2 aliphatic rings. The number of hydrogen-bond acceptors (Lipinski definition) is 4. The van der Waals surface area contributed by atoms with Crippen LogP contribution in [0.3, 0.4) is 0 Å². The number of fused-ring (bicyclic) bond motifs is 2. The highest BCUT2D eigenvalue weighted by atomic mass is 19.1. The Bertz CT molecular complexity index is 800. The molecule has 2 atom stereocenters. The lowest BCUT2D eigenvalue weighted by atomic mass is 9.73. The van der Waals surface area contributed by atoms with Gasteiger partial charge in [0.1, 0.15) is 12.4 Å². The minimum Gasteiger partial charge on any atom is -0.445 e. The molecule has 2 aromatic rings. The molecule has 2 saturated heterocycles. The standard InChI is InChI=1S/C21H23FN2O3/c22-17-9-16(12-23-13-17)21(26)10-18-7-4-8-19(11-21)24(18)20(25)27-14-15-5-2-1-3-6-15/h1-3,5-6,9,12-13,18-19,26H,4,7-8,10-11,14H2. The summed E-state index contributed by atoms with van der Waals surface area (Å²) in [6, 6.07) is 10.7. The van der Waals surface area contributed by atoms with Crippen LogP contribution in [0.1, 0.15) is 43.2 Å². The Morgan fingerprint density at radius 2 is 1.93 bits per heavy atom. The second kappa shape index (κ2) is 7.27. The van der Waals surface area contributed by atoms with Gasteiger partial charge in [0, 0.05) is 36.7 Å². The van der Waals surface area contributed by atoms with Gasteiger partial charge in [0.15, 0.2) is 0 Å². The van der Waals surface area contributed by atoms with Gasteiger partial charge >= 0.3 is 6.09 Å². The van der Waals surface area contributed by atoms with Crippen molar-refractivity contribution in [1.82, 2.24) is 9.88 Å². The molecule has 3 heterocycles. The highest BCUT2D eigenvalue weighted by Crippen LogP contribution is 2.44. The number of piperidine rings is 2. The third kappa shape index (κ3) is 3.67. The Labute approximate surface area is 157 Å². The van der Waals surface area contributed by atoms with Gasteiger partial charge in [-0.15, -0.1) is 0 Å². The zero-order valence-corrected chi connectivity index (χ0v) is 15.1. The van der Waals surface area contributed by atoms with Crippen molar-refractivity contribution >= 4 is 6.09 Å². The van der Waals surface area contributed by atoms with Gasteiger partial charge in [0.25, 0.3) is 0 Å². The number of rotatable bonds is 3. The van der Waals surface area contributed by atoms with Crippen molar-refractivity contribution in [2.75, 3.05) is 0 Å². The minimum atomic E-state index is -1.17. The van der Waals surface area contributed by atoms with Crippen molar-refractivity contribution in [3.05, 3.63) is 65.7 Å². The monoisotopic (exact) mass is 370 g/mol. The van der Waals surface area contributed by atoms with Crippen LogP contribution in [-0.2, 0) is 16.9 Å². The smallest absolute Gasteiger partial charge is 0.410 e. The van der Waals surface area contributed by atoms with Crippen LogP contribution in [0, 0.1) is 5.82 Å². The van der Waals surface area contributed by atoms with Crippen LogP contribution in [0.2, 0.25) is 0 Å². The number of carbonyl (C=O) groups excluding carboxylic acids is 1. The predicted molar refractivity (Wildman–Crippen MR) is 97.2 cm³/mol. The first kappa shape index (κ1) is 17.9. The molecule has 6 heteroatoms. The SMILES string of the molecule is O=C(OCc1ccccc1)N1C2CCCC1CC(O)(c1cncc(F)c1)C2. The van der Waals surface area contributed by atoms with Crippen molar-refractivity contribution in [1.29, 1.82) is 0 Å². The molecule has 1 aromatic carbocycles. The van der Waals surface area contributed by atoms with E-state index >= 15 is 0 Å². The van der Waals surface area contributed by atoms with Crippen molar-refractivity contribution in [2.45, 2.75) is 56.4 Å². The molecule has 1 amide bonds. The van der Waals surface area contributed by atoms with E-state index in [0.717, 1.165) is 31.0 Å². The molecule has 0 aliphatic carbocycles. The highest BCUT2D eigenvalue weighted by Gasteiger charge is 2.48. The molecule has 1 aromatic heterocycles. The summed E-state index contributed by atoms with van der Waals surface area (Å²) < 4.78 is 19.1. The highest BCUT2D eigenvalue weighted by molar-refractivity contribution is 5.69. The van der Waals surface area contributed by atoms with E-state index in [4.69, 9.17) is 4.74 Å². The van der Waals surface area contributed by atoms with Crippen molar-refractivity contribution < 1.29 is 19.0 Å². The van der Waals surface area contributed by atoms with Gasteiger partial charge in [0.2, 0.25) is 0 Å². The summed E-state index contributed by atoms with van der Waals surface area (Å²) in [6.45, 7) is 0.230. The molecule has 4 rings (SSSR count). The molecular formula is C21H23FN2O3. The van der Waals surface area contributed by atoms with Crippen molar-refractivity contribution in [3.8, 4) is 0 Å². The summed E-state index contributed by atoms with van der Waals surface area (Å²) >= 11 is 0. The van der Waals surface area contributed by atoms with Gasteiger partial charge in [-0.25, -0.2) is 9.18 Å². The number of nitrogens with zero attached hydrogens (tertiary/aromatic N) is 2. The normalized spacial score (nSPS) is 27.3. The number of aromatic nitrogens is 1. The van der Waals surface area contributed by atoms with E-state index in [-0.39, 0.29) is 24.8 Å². The maximum atomic E-state index is 13.6. The van der Waals surface area contributed by atoms with Gasteiger partial charge in [-0.2, -0.15) is 0 Å². The first-order valence-electron chi connectivity index (χ1n) is 9.37. The molecule has 2 bridgehead atoms. The molecule has 2 unspecified atom stereocenters. The Morgan fingerprint density at radius 3 is 2.59 bits per heavy atom. The molecule has 1 N–H and O–H groups in total. The lowest BCUT2D eigenvalue weighted by molar-refractivity contribution is -0.0899. The molecule has 0 radical (unpaired) electrons. The van der Waals surface area contributed by atoms with Gasteiger partial charge in [-0.3, -0.25) is 4.98 Å². The van der Waals surface area contributed by atoms with E-state index in [9.17, 15) is 14.3 Å². The fourth-order valence-corrected chi connectivity index (χ4v) is 4.42. The van der Waals surface area contributed by atoms with Crippen LogP contribution < -0.4 is 0 Å². The van der Waals surface area contributed by atoms with E-state index in [2.05, 4.69) is 4.98 Å². The third-order valence-corrected chi connectivity index (χ3v) is 5.67. The molecule has 2 aliphatic heterocycles. The molecule has 0 saturated carbocycles. The number of aliphatic hydroxyl groups is 1. The maximum Gasteiger partial charge on any atom is 0.410 e. The zero-order chi connectivity index (χ0) is 18.9. The number of halogens is 1. The number of amides is 1. The second-order valence-corrected chi connectivity index (χ2v) is 7.52. The summed E-state index contributed by atoms with van der Waals surface area (Å²) in [7, 11) is 0. The van der Waals surface area contributed by atoms with Crippen LogP contribution in [0.5, 0.6) is 0 Å². The quantitative estimate of drug-likeness (QED) is 0.894. The van der Waals surface area contributed by atoms with E-state index in [0.29, 0.717) is 18.4 Å². The Morgan fingerprint density at radius 1 is 1.22 bits per heavy atom. The van der Waals surface area contributed by atoms with Gasteiger partial charge in [0.05, 0.1) is 11.8 Å². The summed E-state index contributed by atoms with van der Waals surface area (Å²) in [5.41, 5.74) is 0.258. The summed E-state index contributed by atoms with van der Waals surface area (Å²) in [4.78, 5) is 18.4. The van der Waals surface area contributed by atoms with E-state index in [1.807, 2.05) is 30.3 Å². The van der Waals surface area contributed by atoms with Crippen molar-refractivity contribution in [3.63, 3.8) is 0 Å². The number of ether oxygens (including phenoxy) is 1. The van der Waals surface area contributed by atoms with E-state index in [1.165, 1.54) is 12.3 Å². The second-order valence-electron chi connectivity index (χ2n) is 7.52. The fourth-order valence-electron chi connectivity index (χ4n) is 4.42. The molecule has 27 heavy (non-hydrogen) atoms. The molecule has 142 valence electrons. The van der Waals surface area contributed by atoms with Crippen LogP contribution in [0.4, 0.5) is 9.18 Å². The molecular weight excluding hydrogens is 347 g/mol. The Hall–Kier alpha value is -2.47. The number of pyridine rings is 1. The van der Waals surface area contributed by atoms with E-state index in [1.54, 1.807) is 4.90 Å². The first-order valence-corrected chi connectivity index (χ1v) is 9.37. The third-order valence-electron chi connectivity index (χ3n) is 5.67. The number of carbonyl (C=O) groups is 1. The van der Waals surface area contributed by atoms with Gasteiger partial charge in [-0.05, 0) is 30.9 Å². The van der Waals surface area contributed by atoms with Gasteiger partial charge in [-0.1, -0.05) is 30.3 Å². The summed E-state index contributed by atoms with van der Waals surface area (Å²) in [5, 5.41) is 11.2. The van der Waals surface area contributed by atoms with E-state index < -0.39 is 11.4 Å². The Balaban J connectivity index is 1.49. The minimum absolute atomic E-state index is 0.117. The van der Waals surface area contributed by atoms with Crippen molar-refractivity contribution in [2.24, 2.45) is 0 Å². The molecule has 2 fully saturated rings. The van der Waals surface area contributed by atoms with Crippen LogP contribution >= 0.6 is 0 Å². The lowest BCUT2D eigenvalue weighted by Gasteiger charge is -2.51. The fraction of sp³-hybridized carbons (Fsp3) is 0.429. The molecule has 0 spiro atoms. The molecule has 5 nitrogen and oxygen atoms in total. The Kier molecular flexibility index (Phi) is 4.83. The average Bonchev–Trinajstić information content (AvgIpc) is 2.66. The zero-order valence-electron chi connectivity index (χ0n) is 15.1.